The molecule has 0 aliphatic rings. The molecule has 5 aromatic rings. The molecule has 188 valence electrons. The maximum absolute atomic E-state index is 14.2. The van der Waals surface area contributed by atoms with E-state index in [2.05, 4.69) is 25.4 Å². The molecule has 37 heavy (non-hydrogen) atoms. The molecule has 2 aromatic heterocycles. The van der Waals surface area contributed by atoms with E-state index in [4.69, 9.17) is 23.2 Å². The first-order chi connectivity index (χ1) is 17.6. The normalized spacial score (nSPS) is 13.0. The van der Waals surface area contributed by atoms with Crippen LogP contribution < -0.4 is 5.32 Å². The number of carbonyl (C=O) groups excluding carboxylic acids is 1. The third-order valence-corrected chi connectivity index (χ3v) is 6.61. The molecule has 0 saturated carbocycles. The van der Waals surface area contributed by atoms with E-state index < -0.39 is 17.3 Å². The zero-order valence-electron chi connectivity index (χ0n) is 19.8. The molecule has 1 atom stereocenters. The summed E-state index contributed by atoms with van der Waals surface area (Å²) in [6, 6.07) is 13.8. The first kappa shape index (κ1) is 24.9. The van der Waals surface area contributed by atoms with Crippen molar-refractivity contribution in [3.8, 4) is 5.69 Å². The molecule has 0 radical (unpaired) electrons. The van der Waals surface area contributed by atoms with Crippen molar-refractivity contribution in [1.82, 2.24) is 30.0 Å². The Bertz CT molecular complexity index is 1630. The SMILES string of the molecule is Cc1ncn(-c2cc(Cl)c(C(=O)NC[C@@](O)(c3cccc(F)c3)c3ccc4nc(C)[nH]c4c3)c(Cl)c2)n1. The first-order valence-corrected chi connectivity index (χ1v) is 12.0. The van der Waals surface area contributed by atoms with E-state index in [0.29, 0.717) is 33.9 Å². The summed E-state index contributed by atoms with van der Waals surface area (Å²) in [5.74, 6) is 0.146. The number of nitrogens with zero attached hydrogens (tertiary/aromatic N) is 4. The molecule has 0 saturated heterocycles. The molecule has 5 rings (SSSR count). The molecule has 11 heteroatoms. The highest BCUT2D eigenvalue weighted by molar-refractivity contribution is 6.40. The number of aryl methyl sites for hydroxylation is 2. The number of H-pyrrole nitrogens is 1. The summed E-state index contributed by atoms with van der Waals surface area (Å²) in [5.41, 5.74) is 0.898. The number of hydrogen-bond acceptors (Lipinski definition) is 5. The Balaban J connectivity index is 1.48. The molecule has 0 aliphatic heterocycles. The summed E-state index contributed by atoms with van der Waals surface area (Å²) in [6.07, 6.45) is 1.51. The zero-order chi connectivity index (χ0) is 26.3. The van der Waals surface area contributed by atoms with Gasteiger partial charge in [0.05, 0.1) is 38.9 Å². The number of nitrogens with one attached hydrogen (secondary N) is 2. The Hall–Kier alpha value is -3.79. The topological polar surface area (TPSA) is 109 Å². The van der Waals surface area contributed by atoms with Gasteiger partial charge < -0.3 is 15.4 Å². The van der Waals surface area contributed by atoms with E-state index in [0.717, 1.165) is 0 Å². The van der Waals surface area contributed by atoms with Crippen LogP contribution >= 0.6 is 23.2 Å². The number of fused-ring (bicyclic) bond motifs is 1. The second kappa shape index (κ2) is 9.59. The van der Waals surface area contributed by atoms with Gasteiger partial charge in [0.1, 0.15) is 29.4 Å². The number of aromatic amines is 1. The zero-order valence-corrected chi connectivity index (χ0v) is 21.3. The van der Waals surface area contributed by atoms with E-state index in [9.17, 15) is 14.3 Å². The number of aliphatic hydroxyl groups is 1. The number of aromatic nitrogens is 5. The fourth-order valence-electron chi connectivity index (χ4n) is 4.19. The van der Waals surface area contributed by atoms with Gasteiger partial charge in [-0.15, -0.1) is 0 Å². The lowest BCUT2D eigenvalue weighted by atomic mass is 9.85. The van der Waals surface area contributed by atoms with Gasteiger partial charge in [-0.05, 0) is 61.4 Å². The van der Waals surface area contributed by atoms with Gasteiger partial charge in [0, 0.05) is 0 Å². The highest BCUT2D eigenvalue weighted by atomic mass is 35.5. The van der Waals surface area contributed by atoms with Crippen molar-refractivity contribution in [3.05, 3.63) is 105 Å². The number of hydrogen-bond donors (Lipinski definition) is 3. The van der Waals surface area contributed by atoms with Gasteiger partial charge in [-0.25, -0.2) is 19.0 Å². The van der Waals surface area contributed by atoms with Crippen LogP contribution in [0.5, 0.6) is 0 Å². The Morgan fingerprint density at radius 3 is 2.51 bits per heavy atom. The van der Waals surface area contributed by atoms with Crippen molar-refractivity contribution >= 4 is 40.1 Å². The lowest BCUT2D eigenvalue weighted by Gasteiger charge is -2.30. The minimum absolute atomic E-state index is 0.0326. The summed E-state index contributed by atoms with van der Waals surface area (Å²) in [4.78, 5) is 24.8. The average Bonchev–Trinajstić information content (AvgIpc) is 3.46. The summed E-state index contributed by atoms with van der Waals surface area (Å²) in [5, 5.41) is 19.0. The van der Waals surface area contributed by atoms with Gasteiger partial charge in [0.15, 0.2) is 0 Å². The van der Waals surface area contributed by atoms with Crippen LogP contribution in [0.2, 0.25) is 10.0 Å². The summed E-state index contributed by atoms with van der Waals surface area (Å²) in [6.45, 7) is 3.28. The Kier molecular flexibility index (Phi) is 6.45. The average molecular weight is 539 g/mol. The Morgan fingerprint density at radius 2 is 1.84 bits per heavy atom. The highest BCUT2D eigenvalue weighted by Gasteiger charge is 2.34. The number of halogens is 3. The van der Waals surface area contributed by atoms with E-state index in [-0.39, 0.29) is 27.7 Å². The van der Waals surface area contributed by atoms with Gasteiger partial charge in [0.25, 0.3) is 5.91 Å². The molecule has 0 fully saturated rings. The largest absolute Gasteiger partial charge is 0.379 e. The minimum Gasteiger partial charge on any atom is -0.379 e. The van der Waals surface area contributed by atoms with Gasteiger partial charge in [-0.3, -0.25) is 4.79 Å². The van der Waals surface area contributed by atoms with Crippen molar-refractivity contribution in [3.63, 3.8) is 0 Å². The van der Waals surface area contributed by atoms with E-state index >= 15 is 0 Å². The molecule has 0 spiro atoms. The molecule has 1 amide bonds. The minimum atomic E-state index is -1.78. The molecule has 2 heterocycles. The van der Waals surface area contributed by atoms with Crippen molar-refractivity contribution in [2.75, 3.05) is 6.54 Å². The molecule has 3 aromatic carbocycles. The molecule has 0 bridgehead atoms. The summed E-state index contributed by atoms with van der Waals surface area (Å²) < 4.78 is 15.6. The van der Waals surface area contributed by atoms with Crippen LogP contribution in [0.15, 0.2) is 60.9 Å². The Morgan fingerprint density at radius 1 is 1.11 bits per heavy atom. The monoisotopic (exact) mass is 538 g/mol. The maximum atomic E-state index is 14.2. The predicted octanol–water partition coefficient (Wildman–Crippen LogP) is 4.87. The Labute approximate surface area is 221 Å². The fourth-order valence-corrected chi connectivity index (χ4v) is 4.83. The van der Waals surface area contributed by atoms with Crippen molar-refractivity contribution in [2.45, 2.75) is 19.4 Å². The number of rotatable bonds is 6. The van der Waals surface area contributed by atoms with Crippen LogP contribution in [-0.2, 0) is 5.60 Å². The third-order valence-electron chi connectivity index (χ3n) is 6.01. The van der Waals surface area contributed by atoms with Crippen LogP contribution in [0.25, 0.3) is 16.7 Å². The number of carbonyl (C=O) groups is 1. The van der Waals surface area contributed by atoms with Crippen molar-refractivity contribution in [2.24, 2.45) is 0 Å². The lowest BCUT2D eigenvalue weighted by molar-refractivity contribution is 0.0694. The van der Waals surface area contributed by atoms with Gasteiger partial charge >= 0.3 is 0 Å². The van der Waals surface area contributed by atoms with Crippen LogP contribution in [0.1, 0.15) is 33.1 Å². The van der Waals surface area contributed by atoms with Crippen LogP contribution in [0, 0.1) is 19.7 Å². The summed E-state index contributed by atoms with van der Waals surface area (Å²) in [7, 11) is 0. The van der Waals surface area contributed by atoms with Crippen LogP contribution in [-0.4, -0.2) is 42.3 Å². The van der Waals surface area contributed by atoms with Crippen molar-refractivity contribution < 1.29 is 14.3 Å². The second-order valence-corrected chi connectivity index (χ2v) is 9.44. The first-order valence-electron chi connectivity index (χ1n) is 11.3. The van der Waals surface area contributed by atoms with E-state index in [1.165, 1.54) is 29.2 Å². The van der Waals surface area contributed by atoms with Gasteiger partial charge in [-0.2, -0.15) is 5.10 Å². The standard InChI is InChI=1S/C26H21Cl2FN6O2/c1-14-31-13-35(34-14)19-10-20(27)24(21(28)11-19)25(36)30-12-26(37,16-4-3-5-18(29)8-16)17-6-7-22-23(9-17)33-15(2)32-22/h3-11,13,37H,12H2,1-2H3,(H,30,36)(H,32,33)/t26-/m1/s1. The molecular formula is C26H21Cl2FN6O2. The van der Waals surface area contributed by atoms with Crippen LogP contribution in [0.3, 0.4) is 0 Å². The van der Waals surface area contributed by atoms with Gasteiger partial charge in [-0.1, -0.05) is 41.4 Å². The smallest absolute Gasteiger partial charge is 0.254 e. The number of benzene rings is 3. The quantitative estimate of drug-likeness (QED) is 0.285. The van der Waals surface area contributed by atoms with E-state index in [1.54, 1.807) is 43.3 Å². The third kappa shape index (κ3) is 4.81. The molecule has 0 aliphatic carbocycles. The molecule has 8 nitrogen and oxygen atoms in total. The highest BCUT2D eigenvalue weighted by Crippen LogP contribution is 2.33. The predicted molar refractivity (Wildman–Crippen MR) is 139 cm³/mol. The molecule has 0 unspecified atom stereocenters. The van der Waals surface area contributed by atoms with Crippen molar-refractivity contribution in [1.29, 1.82) is 0 Å². The molecular weight excluding hydrogens is 518 g/mol. The fraction of sp³-hybridized carbons (Fsp3) is 0.154. The summed E-state index contributed by atoms with van der Waals surface area (Å²) >= 11 is 12.9. The van der Waals surface area contributed by atoms with Crippen LogP contribution in [0.4, 0.5) is 4.39 Å². The number of imidazole rings is 1. The maximum Gasteiger partial charge on any atom is 0.254 e. The second-order valence-electron chi connectivity index (χ2n) is 8.63. The van der Waals surface area contributed by atoms with Gasteiger partial charge in [0.2, 0.25) is 0 Å². The lowest BCUT2D eigenvalue weighted by Crippen LogP contribution is -2.42. The van der Waals surface area contributed by atoms with E-state index in [1.807, 2.05) is 6.92 Å². The number of amides is 1. The molecule has 3 N–H and O–H groups in total.